The smallest absolute Gasteiger partial charge is 0.228 e. The van der Waals surface area contributed by atoms with E-state index in [-0.39, 0.29) is 35.8 Å². The number of rotatable bonds is 6. The van der Waals surface area contributed by atoms with Gasteiger partial charge in [0.25, 0.3) is 0 Å². The minimum atomic E-state index is -0.665. The summed E-state index contributed by atoms with van der Waals surface area (Å²) in [7, 11) is 0. The maximum Gasteiger partial charge on any atom is 0.228 e. The molecule has 2 aliphatic rings. The Bertz CT molecular complexity index is 1150. The molecule has 2 aromatic carbocycles. The lowest BCUT2D eigenvalue weighted by molar-refractivity contribution is -0.129. The number of hydrogen-bond acceptors (Lipinski definition) is 2. The molecular weight excluding hydrogens is 405 g/mol. The number of amides is 1. The highest BCUT2D eigenvalue weighted by atomic mass is 19.1. The Morgan fingerprint density at radius 2 is 1.81 bits per heavy atom. The third-order valence-electron chi connectivity index (χ3n) is 6.77. The fourth-order valence-electron chi connectivity index (χ4n) is 4.60. The van der Waals surface area contributed by atoms with Crippen molar-refractivity contribution in [3.63, 3.8) is 0 Å². The molecule has 162 valence electrons. The predicted octanol–water partition coefficient (Wildman–Crippen LogP) is 4.46. The van der Waals surface area contributed by atoms with Gasteiger partial charge < -0.3 is 15.4 Å². The number of aromatic amines is 1. The zero-order valence-electron chi connectivity index (χ0n) is 16.9. The third kappa shape index (κ3) is 3.61. The van der Waals surface area contributed by atoms with Crippen LogP contribution >= 0.6 is 0 Å². The lowest BCUT2D eigenvalue weighted by Gasteiger charge is -2.37. The van der Waals surface area contributed by atoms with Crippen LogP contribution < -0.4 is 5.32 Å². The number of nitrogens with one attached hydrogen (secondary N) is 2. The molecule has 0 spiro atoms. The lowest BCUT2D eigenvalue weighted by atomic mass is 9.75. The number of carbonyl (C=O) groups is 1. The molecule has 2 aliphatic carbocycles. The summed E-state index contributed by atoms with van der Waals surface area (Å²) in [5.74, 6) is -1.51. The number of hydrogen-bond donors (Lipinski definition) is 3. The Kier molecular flexibility index (Phi) is 4.81. The van der Waals surface area contributed by atoms with Gasteiger partial charge in [-0.2, -0.15) is 0 Å². The molecule has 2 saturated carbocycles. The van der Waals surface area contributed by atoms with Crippen LogP contribution in [0.2, 0.25) is 0 Å². The molecule has 31 heavy (non-hydrogen) atoms. The lowest BCUT2D eigenvalue weighted by Crippen LogP contribution is -2.48. The Labute approximate surface area is 177 Å². The van der Waals surface area contributed by atoms with Crippen LogP contribution in [0.15, 0.2) is 36.4 Å². The Morgan fingerprint density at radius 1 is 1.10 bits per heavy atom. The minimum Gasteiger partial charge on any atom is -0.395 e. The molecule has 0 bridgehead atoms. The van der Waals surface area contributed by atoms with Crippen LogP contribution in [0, 0.1) is 28.8 Å². The van der Waals surface area contributed by atoms with Gasteiger partial charge >= 0.3 is 0 Å². The van der Waals surface area contributed by atoms with Crippen molar-refractivity contribution in [3.05, 3.63) is 59.4 Å². The van der Waals surface area contributed by atoms with Gasteiger partial charge in [-0.15, -0.1) is 0 Å². The molecule has 0 saturated heterocycles. The Morgan fingerprint density at radius 3 is 2.45 bits per heavy atom. The van der Waals surface area contributed by atoms with Gasteiger partial charge in [0, 0.05) is 23.2 Å². The van der Waals surface area contributed by atoms with E-state index < -0.39 is 17.0 Å². The quantitative estimate of drug-likeness (QED) is 0.543. The third-order valence-corrected chi connectivity index (χ3v) is 6.77. The summed E-state index contributed by atoms with van der Waals surface area (Å²) >= 11 is 0. The van der Waals surface area contributed by atoms with Gasteiger partial charge in [-0.25, -0.2) is 13.2 Å². The predicted molar refractivity (Wildman–Crippen MR) is 111 cm³/mol. The number of carbonyl (C=O) groups excluding carboxylic acids is 1. The van der Waals surface area contributed by atoms with E-state index in [1.807, 2.05) is 0 Å². The van der Waals surface area contributed by atoms with Crippen LogP contribution in [0.5, 0.6) is 0 Å². The van der Waals surface area contributed by atoms with Crippen molar-refractivity contribution in [2.45, 2.75) is 38.1 Å². The van der Waals surface area contributed by atoms with Gasteiger partial charge in [-0.1, -0.05) is 0 Å². The summed E-state index contributed by atoms with van der Waals surface area (Å²) in [6.45, 7) is -0.123. The van der Waals surface area contributed by atoms with E-state index in [9.17, 15) is 23.1 Å². The van der Waals surface area contributed by atoms with Gasteiger partial charge in [-0.05, 0) is 79.5 Å². The standard InChI is InChI=1S/C24H23F3N2O2/c25-15-3-1-14(2-4-15)21-18(19-10-16(26)11-20(27)22(19)29-21)9-13-7-17(8-13)28-23(31)24(12-30)5-6-24/h1-4,10-11,13,17,29-30H,5-9,12H2,(H,28,31). The number of halogens is 3. The monoisotopic (exact) mass is 428 g/mol. The molecule has 0 aliphatic heterocycles. The average molecular weight is 428 g/mol. The second-order valence-corrected chi connectivity index (χ2v) is 8.95. The first-order valence-electron chi connectivity index (χ1n) is 10.6. The molecule has 5 rings (SSSR count). The van der Waals surface area contributed by atoms with Crippen LogP contribution in [-0.2, 0) is 11.2 Å². The minimum absolute atomic E-state index is 0.0504. The molecule has 1 amide bonds. The summed E-state index contributed by atoms with van der Waals surface area (Å²) in [5, 5.41) is 12.9. The number of aliphatic hydroxyl groups is 1. The van der Waals surface area contributed by atoms with Gasteiger partial charge in [0.15, 0.2) is 0 Å². The van der Waals surface area contributed by atoms with E-state index in [2.05, 4.69) is 10.3 Å². The topological polar surface area (TPSA) is 65.1 Å². The Balaban J connectivity index is 1.38. The molecule has 1 heterocycles. The first kappa shape index (κ1) is 20.1. The SMILES string of the molecule is O=C(NC1CC(Cc2c(-c3ccc(F)cc3)[nH]c3c(F)cc(F)cc23)C1)C1(CO)CC1. The van der Waals surface area contributed by atoms with Crippen LogP contribution in [0.3, 0.4) is 0 Å². The van der Waals surface area contributed by atoms with Crippen molar-refractivity contribution in [1.29, 1.82) is 0 Å². The highest BCUT2D eigenvalue weighted by Crippen LogP contribution is 2.46. The molecule has 7 heteroatoms. The van der Waals surface area contributed by atoms with Gasteiger partial charge in [0.1, 0.15) is 17.5 Å². The van der Waals surface area contributed by atoms with Crippen molar-refractivity contribution in [3.8, 4) is 11.3 Å². The molecule has 0 radical (unpaired) electrons. The summed E-state index contributed by atoms with van der Waals surface area (Å²) in [6, 6.07) is 8.14. The largest absolute Gasteiger partial charge is 0.395 e. The molecule has 3 aromatic rings. The zero-order chi connectivity index (χ0) is 21.8. The van der Waals surface area contributed by atoms with Crippen molar-refractivity contribution in [2.24, 2.45) is 11.3 Å². The molecular formula is C24H23F3N2O2. The highest BCUT2D eigenvalue weighted by Gasteiger charge is 2.50. The van der Waals surface area contributed by atoms with Crippen LogP contribution in [0.25, 0.3) is 22.2 Å². The first-order chi connectivity index (χ1) is 14.9. The number of aliphatic hydroxyl groups excluding tert-OH is 1. The van der Waals surface area contributed by atoms with Gasteiger partial charge in [0.2, 0.25) is 5.91 Å². The number of fused-ring (bicyclic) bond motifs is 1. The fourth-order valence-corrected chi connectivity index (χ4v) is 4.60. The molecule has 2 fully saturated rings. The molecule has 0 unspecified atom stereocenters. The first-order valence-corrected chi connectivity index (χ1v) is 10.6. The highest BCUT2D eigenvalue weighted by molar-refractivity contribution is 5.91. The zero-order valence-corrected chi connectivity index (χ0v) is 16.9. The van der Waals surface area contributed by atoms with E-state index >= 15 is 0 Å². The molecule has 4 nitrogen and oxygen atoms in total. The second-order valence-electron chi connectivity index (χ2n) is 8.95. The van der Waals surface area contributed by atoms with E-state index in [0.29, 0.717) is 23.1 Å². The maximum atomic E-state index is 14.4. The Hall–Kier alpha value is -2.80. The summed E-state index contributed by atoms with van der Waals surface area (Å²) in [6.07, 6.45) is 3.56. The van der Waals surface area contributed by atoms with Gasteiger partial charge in [-0.3, -0.25) is 4.79 Å². The van der Waals surface area contributed by atoms with Crippen molar-refractivity contribution in [1.82, 2.24) is 10.3 Å². The van der Waals surface area contributed by atoms with Crippen molar-refractivity contribution >= 4 is 16.8 Å². The molecule has 3 N–H and O–H groups in total. The normalized spacial score (nSPS) is 21.7. The molecule has 0 atom stereocenters. The van der Waals surface area contributed by atoms with Crippen LogP contribution in [0.1, 0.15) is 31.2 Å². The van der Waals surface area contributed by atoms with Gasteiger partial charge in [0.05, 0.1) is 17.5 Å². The summed E-state index contributed by atoms with van der Waals surface area (Å²) in [5.41, 5.74) is 1.80. The van der Waals surface area contributed by atoms with Crippen LogP contribution in [-0.4, -0.2) is 28.6 Å². The second kappa shape index (κ2) is 7.41. The maximum absolute atomic E-state index is 14.4. The van der Waals surface area contributed by atoms with E-state index in [1.54, 1.807) is 12.1 Å². The van der Waals surface area contributed by atoms with Crippen LogP contribution in [0.4, 0.5) is 13.2 Å². The fraction of sp³-hybridized carbons (Fsp3) is 0.375. The summed E-state index contributed by atoms with van der Waals surface area (Å²) in [4.78, 5) is 15.4. The van der Waals surface area contributed by atoms with E-state index in [1.165, 1.54) is 18.2 Å². The van der Waals surface area contributed by atoms with E-state index in [0.717, 1.165) is 37.3 Å². The average Bonchev–Trinajstić information content (AvgIpc) is 3.44. The number of H-pyrrole nitrogens is 1. The molecule has 1 aromatic heterocycles. The van der Waals surface area contributed by atoms with Crippen molar-refractivity contribution < 1.29 is 23.1 Å². The van der Waals surface area contributed by atoms with Crippen molar-refractivity contribution in [2.75, 3.05) is 6.61 Å². The number of benzene rings is 2. The number of aromatic nitrogens is 1. The summed E-state index contributed by atoms with van der Waals surface area (Å²) < 4.78 is 41.8. The van der Waals surface area contributed by atoms with E-state index in [4.69, 9.17) is 0 Å².